The topological polar surface area (TPSA) is 66.5 Å². The Morgan fingerprint density at radius 2 is 1.75 bits per heavy atom. The Kier molecular flexibility index (Phi) is 7.48. The normalized spacial score (nSPS) is 11.4. The number of hydrogen-bond donors (Lipinski definition) is 1. The van der Waals surface area contributed by atoms with Gasteiger partial charge in [-0.1, -0.05) is 35.4 Å². The summed E-state index contributed by atoms with van der Waals surface area (Å²) in [7, 11) is -3.86. The third kappa shape index (κ3) is 5.08. The number of nitrogens with one attached hydrogen (secondary N) is 1. The van der Waals surface area contributed by atoms with Gasteiger partial charge >= 0.3 is 0 Å². The van der Waals surface area contributed by atoms with E-state index in [0.717, 1.165) is 0 Å². The van der Waals surface area contributed by atoms with E-state index in [4.69, 9.17) is 23.2 Å². The highest BCUT2D eigenvalue weighted by atomic mass is 35.5. The highest BCUT2D eigenvalue weighted by Crippen LogP contribution is 2.29. The molecule has 0 atom stereocenters. The summed E-state index contributed by atoms with van der Waals surface area (Å²) in [6.07, 6.45) is 3.12. The van der Waals surface area contributed by atoms with Gasteiger partial charge in [0.1, 0.15) is 4.90 Å². The van der Waals surface area contributed by atoms with Gasteiger partial charge in [-0.3, -0.25) is 4.79 Å². The van der Waals surface area contributed by atoms with E-state index in [2.05, 4.69) is 17.9 Å². The van der Waals surface area contributed by atoms with Gasteiger partial charge < -0.3 is 4.90 Å². The minimum Gasteiger partial charge on any atom is -0.331 e. The van der Waals surface area contributed by atoms with E-state index in [1.165, 1.54) is 17.0 Å². The SMILES string of the molecule is C=CCN(CC=C)C(=O)c1cc(S(=O)(=O)NC(C)C)c(Cl)cc1Cl. The molecular formula is C16H20Cl2N2O3S. The lowest BCUT2D eigenvalue weighted by molar-refractivity contribution is 0.0791. The van der Waals surface area contributed by atoms with Gasteiger partial charge in [-0.05, 0) is 26.0 Å². The molecule has 0 bridgehead atoms. The molecule has 1 N–H and O–H groups in total. The smallest absolute Gasteiger partial charge is 0.255 e. The maximum absolute atomic E-state index is 12.6. The molecule has 132 valence electrons. The number of rotatable bonds is 8. The Hall–Kier alpha value is -1.34. The van der Waals surface area contributed by atoms with Crippen LogP contribution in [0.3, 0.4) is 0 Å². The van der Waals surface area contributed by atoms with Gasteiger partial charge in [0.25, 0.3) is 5.91 Å². The summed E-state index contributed by atoms with van der Waals surface area (Å²) in [5, 5.41) is 0.0234. The number of benzene rings is 1. The van der Waals surface area contributed by atoms with Crippen LogP contribution < -0.4 is 4.72 Å². The van der Waals surface area contributed by atoms with Crippen molar-refractivity contribution >= 4 is 39.1 Å². The highest BCUT2D eigenvalue weighted by Gasteiger charge is 2.25. The van der Waals surface area contributed by atoms with Crippen LogP contribution in [-0.4, -0.2) is 38.4 Å². The van der Waals surface area contributed by atoms with Gasteiger partial charge in [0.15, 0.2) is 0 Å². The molecule has 1 aromatic carbocycles. The molecule has 24 heavy (non-hydrogen) atoms. The molecule has 5 nitrogen and oxygen atoms in total. The van der Waals surface area contributed by atoms with E-state index in [-0.39, 0.29) is 39.6 Å². The number of amides is 1. The van der Waals surface area contributed by atoms with Gasteiger partial charge in [-0.15, -0.1) is 13.2 Å². The molecule has 0 spiro atoms. The largest absolute Gasteiger partial charge is 0.331 e. The van der Waals surface area contributed by atoms with Crippen molar-refractivity contribution in [1.82, 2.24) is 9.62 Å². The molecule has 1 amide bonds. The second kappa shape index (κ2) is 8.67. The number of sulfonamides is 1. The van der Waals surface area contributed by atoms with Crippen molar-refractivity contribution in [3.8, 4) is 0 Å². The van der Waals surface area contributed by atoms with Crippen LogP contribution in [0.4, 0.5) is 0 Å². The minimum atomic E-state index is -3.86. The summed E-state index contributed by atoms with van der Waals surface area (Å²) < 4.78 is 27.2. The van der Waals surface area contributed by atoms with E-state index in [1.54, 1.807) is 26.0 Å². The summed E-state index contributed by atoms with van der Waals surface area (Å²) in [6, 6.07) is 2.13. The fourth-order valence-electron chi connectivity index (χ4n) is 2.00. The summed E-state index contributed by atoms with van der Waals surface area (Å²) in [6.45, 7) is 11.1. The minimum absolute atomic E-state index is 0.0499. The number of nitrogens with zero attached hydrogens (tertiary/aromatic N) is 1. The molecule has 0 radical (unpaired) electrons. The van der Waals surface area contributed by atoms with Gasteiger partial charge in [-0.25, -0.2) is 13.1 Å². The van der Waals surface area contributed by atoms with Gasteiger partial charge in [0, 0.05) is 19.1 Å². The summed E-state index contributed by atoms with van der Waals surface area (Å²) >= 11 is 12.1. The van der Waals surface area contributed by atoms with Crippen molar-refractivity contribution in [2.24, 2.45) is 0 Å². The fraction of sp³-hybridized carbons (Fsp3) is 0.312. The Labute approximate surface area is 153 Å². The lowest BCUT2D eigenvalue weighted by Gasteiger charge is -2.21. The summed E-state index contributed by atoms with van der Waals surface area (Å²) in [5.41, 5.74) is 0.0499. The first-order valence-corrected chi connectivity index (χ1v) is 9.40. The van der Waals surface area contributed by atoms with Gasteiger partial charge in [-0.2, -0.15) is 0 Å². The standard InChI is InChI=1S/C16H20Cl2N2O3S/c1-5-7-20(8-6-2)16(21)12-9-15(14(18)10-13(12)17)24(22,23)19-11(3)4/h5-6,9-11,19H,1-2,7-8H2,3-4H3. The molecule has 8 heteroatoms. The molecule has 0 aliphatic heterocycles. The van der Waals surface area contributed by atoms with Crippen LogP contribution in [0, 0.1) is 0 Å². The average molecular weight is 391 g/mol. The van der Waals surface area contributed by atoms with Crippen molar-refractivity contribution < 1.29 is 13.2 Å². The third-order valence-corrected chi connectivity index (χ3v) is 5.35. The predicted molar refractivity (Wildman–Crippen MR) is 98.2 cm³/mol. The quantitative estimate of drug-likeness (QED) is 0.690. The monoisotopic (exact) mass is 390 g/mol. The molecule has 0 aromatic heterocycles. The van der Waals surface area contributed by atoms with Crippen LogP contribution in [0.25, 0.3) is 0 Å². The van der Waals surface area contributed by atoms with Crippen LogP contribution >= 0.6 is 23.2 Å². The Balaban J connectivity index is 3.40. The van der Waals surface area contributed by atoms with Crippen LogP contribution in [0.5, 0.6) is 0 Å². The third-order valence-electron chi connectivity index (χ3n) is 2.92. The molecule has 0 aliphatic rings. The molecule has 0 saturated heterocycles. The zero-order valence-corrected chi connectivity index (χ0v) is 15.9. The van der Waals surface area contributed by atoms with E-state index < -0.39 is 15.9 Å². The first-order valence-electron chi connectivity index (χ1n) is 7.16. The highest BCUT2D eigenvalue weighted by molar-refractivity contribution is 7.89. The van der Waals surface area contributed by atoms with Crippen molar-refractivity contribution in [3.05, 3.63) is 53.1 Å². The van der Waals surface area contributed by atoms with E-state index in [1.807, 2.05) is 0 Å². The zero-order chi connectivity index (χ0) is 18.5. The van der Waals surface area contributed by atoms with E-state index in [9.17, 15) is 13.2 Å². The first kappa shape index (κ1) is 20.7. The average Bonchev–Trinajstić information content (AvgIpc) is 2.44. The maximum atomic E-state index is 12.6. The molecule has 1 rings (SSSR count). The first-order chi connectivity index (χ1) is 11.1. The Morgan fingerprint density at radius 3 is 2.21 bits per heavy atom. The number of carbonyl (C=O) groups is 1. The second-order valence-corrected chi connectivity index (χ2v) is 7.82. The predicted octanol–water partition coefficient (Wildman–Crippen LogP) is 3.49. The van der Waals surface area contributed by atoms with Crippen LogP contribution in [0.15, 0.2) is 42.3 Å². The summed E-state index contributed by atoms with van der Waals surface area (Å²) in [4.78, 5) is 13.9. The number of halogens is 2. The lowest BCUT2D eigenvalue weighted by atomic mass is 10.2. The van der Waals surface area contributed by atoms with Crippen LogP contribution in [0.2, 0.25) is 10.0 Å². The Morgan fingerprint density at radius 1 is 1.21 bits per heavy atom. The number of hydrogen-bond acceptors (Lipinski definition) is 3. The lowest BCUT2D eigenvalue weighted by Crippen LogP contribution is -2.33. The molecule has 0 unspecified atom stereocenters. The maximum Gasteiger partial charge on any atom is 0.255 e. The number of carbonyl (C=O) groups excluding carboxylic acids is 1. The van der Waals surface area contributed by atoms with Crippen molar-refractivity contribution in [3.63, 3.8) is 0 Å². The molecule has 0 fully saturated rings. The van der Waals surface area contributed by atoms with E-state index >= 15 is 0 Å². The van der Waals surface area contributed by atoms with Crippen molar-refractivity contribution in [2.75, 3.05) is 13.1 Å². The molecule has 0 saturated carbocycles. The molecular weight excluding hydrogens is 371 g/mol. The van der Waals surface area contributed by atoms with E-state index in [0.29, 0.717) is 0 Å². The Bertz CT molecular complexity index is 736. The summed E-state index contributed by atoms with van der Waals surface area (Å²) in [5.74, 6) is -0.433. The fourth-order valence-corrected chi connectivity index (χ4v) is 4.10. The van der Waals surface area contributed by atoms with Crippen molar-refractivity contribution in [1.29, 1.82) is 0 Å². The molecule has 0 aliphatic carbocycles. The van der Waals surface area contributed by atoms with Gasteiger partial charge in [0.2, 0.25) is 10.0 Å². The second-order valence-electron chi connectivity index (χ2n) is 5.33. The van der Waals surface area contributed by atoms with Crippen LogP contribution in [-0.2, 0) is 10.0 Å². The zero-order valence-electron chi connectivity index (χ0n) is 13.6. The molecule has 0 heterocycles. The van der Waals surface area contributed by atoms with Crippen molar-refractivity contribution in [2.45, 2.75) is 24.8 Å². The van der Waals surface area contributed by atoms with Gasteiger partial charge in [0.05, 0.1) is 15.6 Å². The van der Waals surface area contributed by atoms with Crippen LogP contribution in [0.1, 0.15) is 24.2 Å². The molecule has 1 aromatic rings.